The lowest BCUT2D eigenvalue weighted by molar-refractivity contribution is -0.144. The molecule has 25 heavy (non-hydrogen) atoms. The van der Waals surface area contributed by atoms with Crippen LogP contribution < -0.4 is 10.1 Å². The van der Waals surface area contributed by atoms with E-state index >= 15 is 0 Å². The summed E-state index contributed by atoms with van der Waals surface area (Å²) >= 11 is 1.26. The summed E-state index contributed by atoms with van der Waals surface area (Å²) in [5.41, 5.74) is 0.579. The third-order valence-corrected chi connectivity index (χ3v) is 6.70. The standard InChI is InChI=1S/C16H21NO6S2/c1-2-22-13-5-3-12(4-6-13)17-15(18)9-23-16(19)10-24-14-7-8-25(20,21)11-14/h3-6,14H,2,7-11H2,1H3,(H,17,18)/t14-/m0/s1. The van der Waals surface area contributed by atoms with Crippen LogP contribution in [0.25, 0.3) is 0 Å². The molecule has 1 aromatic rings. The van der Waals surface area contributed by atoms with Crippen LogP contribution in [-0.2, 0) is 24.2 Å². The molecule has 2 rings (SSSR count). The molecular weight excluding hydrogens is 366 g/mol. The smallest absolute Gasteiger partial charge is 0.316 e. The number of amides is 1. The van der Waals surface area contributed by atoms with Gasteiger partial charge < -0.3 is 14.8 Å². The van der Waals surface area contributed by atoms with Gasteiger partial charge in [0.25, 0.3) is 5.91 Å². The maximum Gasteiger partial charge on any atom is 0.316 e. The highest BCUT2D eigenvalue weighted by atomic mass is 32.2. The molecule has 0 saturated carbocycles. The van der Waals surface area contributed by atoms with Crippen molar-refractivity contribution in [3.63, 3.8) is 0 Å². The zero-order valence-electron chi connectivity index (χ0n) is 13.9. The summed E-state index contributed by atoms with van der Waals surface area (Å²) in [7, 11) is -2.96. The zero-order chi connectivity index (χ0) is 18.3. The lowest BCUT2D eigenvalue weighted by Gasteiger charge is -2.09. The molecule has 1 aliphatic rings. The van der Waals surface area contributed by atoms with Gasteiger partial charge in [0, 0.05) is 10.9 Å². The van der Waals surface area contributed by atoms with Crippen molar-refractivity contribution in [2.75, 3.05) is 35.8 Å². The van der Waals surface area contributed by atoms with Gasteiger partial charge in [-0.25, -0.2) is 8.42 Å². The number of carbonyl (C=O) groups is 2. The summed E-state index contributed by atoms with van der Waals surface area (Å²) in [5.74, 6) is 0.0455. The van der Waals surface area contributed by atoms with Crippen molar-refractivity contribution in [3.8, 4) is 5.75 Å². The summed E-state index contributed by atoms with van der Waals surface area (Å²) < 4.78 is 32.9. The molecule has 1 fully saturated rings. The van der Waals surface area contributed by atoms with E-state index in [4.69, 9.17) is 9.47 Å². The normalized spacial score (nSPS) is 18.5. The highest BCUT2D eigenvalue weighted by Crippen LogP contribution is 2.24. The van der Waals surface area contributed by atoms with Gasteiger partial charge in [-0.15, -0.1) is 11.8 Å². The second kappa shape index (κ2) is 9.10. The number of hydrogen-bond acceptors (Lipinski definition) is 7. The van der Waals surface area contributed by atoms with Crippen LogP contribution in [0.2, 0.25) is 0 Å². The predicted molar refractivity (Wildman–Crippen MR) is 96.7 cm³/mol. The van der Waals surface area contributed by atoms with Crippen molar-refractivity contribution in [2.24, 2.45) is 0 Å². The van der Waals surface area contributed by atoms with Crippen molar-refractivity contribution >= 4 is 39.2 Å². The van der Waals surface area contributed by atoms with Gasteiger partial charge in [-0.1, -0.05) is 0 Å². The highest BCUT2D eigenvalue weighted by Gasteiger charge is 2.28. The Morgan fingerprint density at radius 3 is 2.60 bits per heavy atom. The first-order chi connectivity index (χ1) is 11.9. The maximum atomic E-state index is 11.8. The minimum absolute atomic E-state index is 0.0382. The van der Waals surface area contributed by atoms with Crippen molar-refractivity contribution < 1.29 is 27.5 Å². The quantitative estimate of drug-likeness (QED) is 0.675. The van der Waals surface area contributed by atoms with E-state index in [1.165, 1.54) is 11.8 Å². The van der Waals surface area contributed by atoms with E-state index in [9.17, 15) is 18.0 Å². The van der Waals surface area contributed by atoms with Gasteiger partial charge in [0.15, 0.2) is 16.4 Å². The molecule has 138 valence electrons. The summed E-state index contributed by atoms with van der Waals surface area (Å²) in [5, 5.41) is 2.54. The number of rotatable bonds is 8. The molecule has 7 nitrogen and oxygen atoms in total. The molecule has 0 spiro atoms. The van der Waals surface area contributed by atoms with Crippen LogP contribution in [0.3, 0.4) is 0 Å². The van der Waals surface area contributed by atoms with Crippen molar-refractivity contribution in [3.05, 3.63) is 24.3 Å². The molecule has 1 heterocycles. The third-order valence-electron chi connectivity index (χ3n) is 3.44. The van der Waals surface area contributed by atoms with E-state index in [-0.39, 0.29) is 29.1 Å². The molecule has 1 aliphatic heterocycles. The number of benzene rings is 1. The second-order valence-corrected chi connectivity index (χ2v) is 9.02. The first-order valence-corrected chi connectivity index (χ1v) is 10.8. The van der Waals surface area contributed by atoms with Crippen LogP contribution >= 0.6 is 11.8 Å². The predicted octanol–water partition coefficient (Wildman–Crippen LogP) is 1.49. The van der Waals surface area contributed by atoms with Crippen LogP contribution in [0.1, 0.15) is 13.3 Å². The van der Waals surface area contributed by atoms with Gasteiger partial charge in [0.2, 0.25) is 0 Å². The Labute approximate surface area is 151 Å². The first kappa shape index (κ1) is 19.6. The Hall–Kier alpha value is -1.74. The van der Waals surface area contributed by atoms with Crippen LogP contribution in [-0.4, -0.2) is 56.0 Å². The van der Waals surface area contributed by atoms with Gasteiger partial charge in [0.1, 0.15) is 5.75 Å². The molecule has 0 unspecified atom stereocenters. The molecule has 9 heteroatoms. The molecule has 0 bridgehead atoms. The molecule has 1 atom stereocenters. The number of esters is 1. The van der Waals surface area contributed by atoms with E-state index in [2.05, 4.69) is 5.32 Å². The molecule has 0 radical (unpaired) electrons. The number of hydrogen-bond donors (Lipinski definition) is 1. The zero-order valence-corrected chi connectivity index (χ0v) is 15.5. The summed E-state index contributed by atoms with van der Waals surface area (Å²) in [6, 6.07) is 6.86. The fourth-order valence-corrected chi connectivity index (χ4v) is 5.70. The number of nitrogens with one attached hydrogen (secondary N) is 1. The number of ether oxygens (including phenoxy) is 2. The third kappa shape index (κ3) is 6.95. The first-order valence-electron chi connectivity index (χ1n) is 7.88. The van der Waals surface area contributed by atoms with Crippen LogP contribution in [0.4, 0.5) is 5.69 Å². The molecule has 0 aromatic heterocycles. The summed E-state index contributed by atoms with van der Waals surface area (Å²) in [4.78, 5) is 23.4. The maximum absolute atomic E-state index is 11.8. The number of anilines is 1. The van der Waals surface area contributed by atoms with E-state index in [1.807, 2.05) is 6.92 Å². The molecule has 1 aromatic carbocycles. The molecule has 1 N–H and O–H groups in total. The SMILES string of the molecule is CCOc1ccc(NC(=O)COC(=O)CS[C@H]2CCS(=O)(=O)C2)cc1. The topological polar surface area (TPSA) is 98.8 Å². The van der Waals surface area contributed by atoms with Crippen molar-refractivity contribution in [2.45, 2.75) is 18.6 Å². The molecule has 1 amide bonds. The van der Waals surface area contributed by atoms with E-state index < -0.39 is 21.7 Å². The Balaban J connectivity index is 1.66. The lowest BCUT2D eigenvalue weighted by atomic mass is 10.3. The fraction of sp³-hybridized carbons (Fsp3) is 0.500. The summed E-state index contributed by atoms with van der Waals surface area (Å²) in [6.45, 7) is 2.07. The lowest BCUT2D eigenvalue weighted by Crippen LogP contribution is -2.22. The van der Waals surface area contributed by atoms with Gasteiger partial charge in [-0.2, -0.15) is 0 Å². The van der Waals surface area contributed by atoms with Gasteiger partial charge >= 0.3 is 5.97 Å². The average Bonchev–Trinajstić information content (AvgIpc) is 2.92. The van der Waals surface area contributed by atoms with Gasteiger partial charge in [0.05, 0.1) is 23.9 Å². The van der Waals surface area contributed by atoms with E-state index in [0.29, 0.717) is 24.5 Å². The number of carbonyl (C=O) groups excluding carboxylic acids is 2. The average molecular weight is 387 g/mol. The van der Waals surface area contributed by atoms with Crippen molar-refractivity contribution in [1.82, 2.24) is 0 Å². The Kier molecular flexibility index (Phi) is 7.12. The Morgan fingerprint density at radius 1 is 1.28 bits per heavy atom. The Bertz CT molecular complexity index is 702. The minimum Gasteiger partial charge on any atom is -0.494 e. The van der Waals surface area contributed by atoms with Crippen LogP contribution in [0.5, 0.6) is 5.75 Å². The van der Waals surface area contributed by atoms with E-state index in [1.54, 1.807) is 24.3 Å². The van der Waals surface area contributed by atoms with Gasteiger partial charge in [-0.05, 0) is 37.6 Å². The van der Waals surface area contributed by atoms with Crippen LogP contribution in [0.15, 0.2) is 24.3 Å². The fourth-order valence-electron chi connectivity index (χ4n) is 2.26. The molecule has 0 aliphatic carbocycles. The minimum atomic E-state index is -2.96. The molecule has 1 saturated heterocycles. The van der Waals surface area contributed by atoms with E-state index in [0.717, 1.165) is 0 Å². The van der Waals surface area contributed by atoms with Crippen LogP contribution in [0, 0.1) is 0 Å². The summed E-state index contributed by atoms with van der Waals surface area (Å²) in [6.07, 6.45) is 0.554. The number of sulfone groups is 1. The van der Waals surface area contributed by atoms with Gasteiger partial charge in [-0.3, -0.25) is 9.59 Å². The van der Waals surface area contributed by atoms with Crippen molar-refractivity contribution in [1.29, 1.82) is 0 Å². The second-order valence-electron chi connectivity index (χ2n) is 5.50. The Morgan fingerprint density at radius 2 is 2.00 bits per heavy atom. The number of thioether (sulfide) groups is 1. The monoisotopic (exact) mass is 387 g/mol. The largest absolute Gasteiger partial charge is 0.494 e. The molecular formula is C16H21NO6S2. The highest BCUT2D eigenvalue weighted by molar-refractivity contribution is 8.02.